The number of pyridine rings is 1. The summed E-state index contributed by atoms with van der Waals surface area (Å²) in [5, 5.41) is 4.86. The molecule has 1 aromatic carbocycles. The van der Waals surface area contributed by atoms with Gasteiger partial charge in [0.2, 0.25) is 0 Å². The molecule has 0 fully saturated rings. The number of benzene rings is 1. The second-order valence-corrected chi connectivity index (χ2v) is 4.33. The first-order chi connectivity index (χ1) is 10.2. The van der Waals surface area contributed by atoms with Crippen LogP contribution in [0.25, 0.3) is 16.7 Å². The molecule has 21 heavy (non-hydrogen) atoms. The zero-order valence-electron chi connectivity index (χ0n) is 11.3. The molecule has 0 aliphatic rings. The average molecular weight is 285 g/mol. The number of nitrogens with zero attached hydrogens (tertiary/aromatic N) is 3. The van der Waals surface area contributed by atoms with E-state index >= 15 is 0 Å². The number of halogens is 1. The number of fused-ring (bicyclic) bond motifs is 1. The predicted octanol–water partition coefficient (Wildman–Crippen LogP) is 2.74. The molecular weight excluding hydrogens is 273 g/mol. The molecule has 0 unspecified atom stereocenters. The van der Waals surface area contributed by atoms with Crippen LogP contribution in [0.2, 0.25) is 0 Å². The lowest BCUT2D eigenvalue weighted by atomic mass is 10.2. The lowest BCUT2D eigenvalue weighted by molar-refractivity contribution is 0.0521. The van der Waals surface area contributed by atoms with Crippen LogP contribution in [-0.4, -0.2) is 27.3 Å². The van der Waals surface area contributed by atoms with Crippen molar-refractivity contribution in [3.05, 3.63) is 54.1 Å². The van der Waals surface area contributed by atoms with Gasteiger partial charge in [-0.05, 0) is 43.3 Å². The van der Waals surface area contributed by atoms with Crippen molar-refractivity contribution in [1.29, 1.82) is 0 Å². The molecule has 5 nitrogen and oxygen atoms in total. The molecule has 0 radical (unpaired) electrons. The molecule has 106 valence electrons. The number of carbonyl (C=O) groups is 1. The number of carbonyl (C=O) groups excluding carboxylic acids is 1. The summed E-state index contributed by atoms with van der Waals surface area (Å²) in [5.41, 5.74) is 1.34. The van der Waals surface area contributed by atoms with Crippen LogP contribution in [-0.2, 0) is 4.74 Å². The van der Waals surface area contributed by atoms with Gasteiger partial charge in [-0.1, -0.05) is 0 Å². The van der Waals surface area contributed by atoms with Gasteiger partial charge >= 0.3 is 5.97 Å². The third-order valence-corrected chi connectivity index (χ3v) is 2.98. The van der Waals surface area contributed by atoms with Crippen molar-refractivity contribution in [2.24, 2.45) is 0 Å². The molecule has 2 aromatic heterocycles. The minimum absolute atomic E-state index is 0.198. The molecule has 3 aromatic rings. The summed E-state index contributed by atoms with van der Waals surface area (Å²) >= 11 is 0. The van der Waals surface area contributed by atoms with Crippen molar-refractivity contribution in [1.82, 2.24) is 14.8 Å². The Morgan fingerprint density at radius 1 is 1.29 bits per heavy atom. The van der Waals surface area contributed by atoms with Crippen molar-refractivity contribution < 1.29 is 13.9 Å². The molecular formula is C15H12FN3O2. The second kappa shape index (κ2) is 5.32. The molecule has 0 aliphatic heterocycles. The number of aromatic nitrogens is 3. The van der Waals surface area contributed by atoms with E-state index < -0.39 is 5.97 Å². The highest BCUT2D eigenvalue weighted by atomic mass is 19.1. The molecule has 6 heteroatoms. The molecule has 0 atom stereocenters. The highest BCUT2D eigenvalue weighted by molar-refractivity contribution is 6.01. The summed E-state index contributed by atoms with van der Waals surface area (Å²) < 4.78 is 19.5. The van der Waals surface area contributed by atoms with Crippen LogP contribution in [0.3, 0.4) is 0 Å². The molecule has 0 amide bonds. The van der Waals surface area contributed by atoms with Gasteiger partial charge in [-0.3, -0.25) is 0 Å². The van der Waals surface area contributed by atoms with Crippen LogP contribution in [0, 0.1) is 5.82 Å². The highest BCUT2D eigenvalue weighted by Gasteiger charge is 2.19. The number of esters is 1. The molecule has 2 heterocycles. The minimum atomic E-state index is -0.503. The molecule has 0 N–H and O–H groups in total. The fraction of sp³-hybridized carbons (Fsp3) is 0.133. The second-order valence-electron chi connectivity index (χ2n) is 4.33. The normalized spacial score (nSPS) is 10.8. The van der Waals surface area contributed by atoms with Crippen LogP contribution in [0.5, 0.6) is 0 Å². The molecule has 0 saturated heterocycles. The maximum absolute atomic E-state index is 13.0. The summed E-state index contributed by atoms with van der Waals surface area (Å²) in [6.07, 6.45) is 1.61. The number of rotatable bonds is 3. The molecule has 0 saturated carbocycles. The van der Waals surface area contributed by atoms with Crippen LogP contribution in [0.4, 0.5) is 4.39 Å². The zero-order chi connectivity index (χ0) is 14.8. The SMILES string of the molecule is CCOC(=O)c1nn(-c2ccc(F)cc2)c2ncccc12. The first-order valence-corrected chi connectivity index (χ1v) is 6.47. The van der Waals surface area contributed by atoms with Gasteiger partial charge in [0.25, 0.3) is 0 Å². The van der Waals surface area contributed by atoms with Gasteiger partial charge in [0.05, 0.1) is 17.7 Å². The Labute approximate surface area is 120 Å². The smallest absolute Gasteiger partial charge is 0.359 e. The van der Waals surface area contributed by atoms with Gasteiger partial charge in [-0.2, -0.15) is 5.10 Å². The van der Waals surface area contributed by atoms with E-state index in [2.05, 4.69) is 10.1 Å². The lowest BCUT2D eigenvalue weighted by Crippen LogP contribution is -2.07. The van der Waals surface area contributed by atoms with Gasteiger partial charge in [0, 0.05) is 6.20 Å². The molecule has 0 bridgehead atoms. The Bertz CT molecular complexity index is 796. The topological polar surface area (TPSA) is 57.0 Å². The summed E-state index contributed by atoms with van der Waals surface area (Å²) in [6.45, 7) is 2.00. The van der Waals surface area contributed by atoms with Gasteiger partial charge < -0.3 is 4.74 Å². The van der Waals surface area contributed by atoms with Crippen molar-refractivity contribution in [2.75, 3.05) is 6.61 Å². The van der Waals surface area contributed by atoms with Gasteiger partial charge in [-0.15, -0.1) is 0 Å². The van der Waals surface area contributed by atoms with Crippen molar-refractivity contribution in [2.45, 2.75) is 6.92 Å². The van der Waals surface area contributed by atoms with Crippen LogP contribution < -0.4 is 0 Å². The van der Waals surface area contributed by atoms with Crippen molar-refractivity contribution in [3.63, 3.8) is 0 Å². The van der Waals surface area contributed by atoms with Gasteiger partial charge in [0.1, 0.15) is 5.82 Å². The quantitative estimate of drug-likeness (QED) is 0.694. The highest BCUT2D eigenvalue weighted by Crippen LogP contribution is 2.21. The van der Waals surface area contributed by atoms with E-state index in [9.17, 15) is 9.18 Å². The summed E-state index contributed by atoms with van der Waals surface area (Å²) in [7, 11) is 0. The fourth-order valence-electron chi connectivity index (χ4n) is 2.06. The lowest BCUT2D eigenvalue weighted by Gasteiger charge is -2.01. The van der Waals surface area contributed by atoms with Crippen LogP contribution in [0.1, 0.15) is 17.4 Å². The first kappa shape index (κ1) is 13.2. The van der Waals surface area contributed by atoms with E-state index in [-0.39, 0.29) is 18.1 Å². The van der Waals surface area contributed by atoms with Crippen LogP contribution in [0.15, 0.2) is 42.6 Å². The van der Waals surface area contributed by atoms with E-state index in [0.717, 1.165) is 0 Å². The summed E-state index contributed by atoms with van der Waals surface area (Å²) in [6, 6.07) is 9.28. The maximum atomic E-state index is 13.0. The third kappa shape index (κ3) is 2.35. The largest absolute Gasteiger partial charge is 0.461 e. The number of hydrogen-bond donors (Lipinski definition) is 0. The average Bonchev–Trinajstić information content (AvgIpc) is 2.88. The van der Waals surface area contributed by atoms with Crippen LogP contribution >= 0.6 is 0 Å². The Balaban J connectivity index is 2.19. The molecule has 3 rings (SSSR count). The van der Waals surface area contributed by atoms with E-state index in [0.29, 0.717) is 16.7 Å². The predicted molar refractivity (Wildman–Crippen MR) is 74.8 cm³/mol. The Morgan fingerprint density at radius 2 is 2.05 bits per heavy atom. The van der Waals surface area contributed by atoms with Crippen molar-refractivity contribution >= 4 is 17.0 Å². The Morgan fingerprint density at radius 3 is 2.76 bits per heavy atom. The summed E-state index contributed by atoms with van der Waals surface area (Å²) in [4.78, 5) is 16.2. The summed E-state index contributed by atoms with van der Waals surface area (Å²) in [5.74, 6) is -0.842. The van der Waals surface area contributed by atoms with Gasteiger partial charge in [0.15, 0.2) is 11.3 Å². The molecule has 0 spiro atoms. The Hall–Kier alpha value is -2.76. The Kier molecular flexibility index (Phi) is 3.35. The van der Waals surface area contributed by atoms with Crippen molar-refractivity contribution in [3.8, 4) is 5.69 Å². The molecule has 0 aliphatic carbocycles. The third-order valence-electron chi connectivity index (χ3n) is 2.98. The van der Waals surface area contributed by atoms with E-state index in [1.165, 1.54) is 16.8 Å². The number of ether oxygens (including phenoxy) is 1. The monoisotopic (exact) mass is 285 g/mol. The fourth-order valence-corrected chi connectivity index (χ4v) is 2.06. The standard InChI is InChI=1S/C15H12FN3O2/c1-2-21-15(20)13-12-4-3-9-17-14(12)19(18-13)11-7-5-10(16)6-8-11/h3-9H,2H2,1H3. The number of hydrogen-bond acceptors (Lipinski definition) is 4. The van der Waals surface area contributed by atoms with Gasteiger partial charge in [-0.25, -0.2) is 18.9 Å². The zero-order valence-corrected chi connectivity index (χ0v) is 11.3. The maximum Gasteiger partial charge on any atom is 0.359 e. The first-order valence-electron chi connectivity index (χ1n) is 6.47. The van der Waals surface area contributed by atoms with E-state index in [1.54, 1.807) is 37.4 Å². The van der Waals surface area contributed by atoms with E-state index in [4.69, 9.17) is 4.74 Å². The van der Waals surface area contributed by atoms with E-state index in [1.807, 2.05) is 0 Å². The minimum Gasteiger partial charge on any atom is -0.461 e.